The summed E-state index contributed by atoms with van der Waals surface area (Å²) in [5.74, 6) is 0.893. The summed E-state index contributed by atoms with van der Waals surface area (Å²) in [4.78, 5) is 14.5. The molecule has 0 aliphatic carbocycles. The van der Waals surface area contributed by atoms with Crippen LogP contribution < -0.4 is 0 Å². The molecule has 0 atom stereocenters. The highest BCUT2D eigenvalue weighted by Crippen LogP contribution is 2.32. The summed E-state index contributed by atoms with van der Waals surface area (Å²) in [7, 11) is 0. The Morgan fingerprint density at radius 1 is 0.697 bits per heavy atom. The van der Waals surface area contributed by atoms with Crippen molar-refractivity contribution in [2.24, 2.45) is 0 Å². The van der Waals surface area contributed by atoms with Gasteiger partial charge >= 0.3 is 0 Å². The van der Waals surface area contributed by atoms with E-state index in [-0.39, 0.29) is 0 Å². The Balaban J connectivity index is 1.56. The molecule has 160 valence electrons. The lowest BCUT2D eigenvalue weighted by atomic mass is 10.2. The minimum atomic E-state index is 0.682. The molecule has 6 heteroatoms. The van der Waals surface area contributed by atoms with Crippen LogP contribution in [0.5, 0.6) is 0 Å². The lowest BCUT2D eigenvalue weighted by Gasteiger charge is -2.09. The van der Waals surface area contributed by atoms with E-state index in [0.29, 0.717) is 6.54 Å². The SMILES string of the molecule is Brc1ccc2nc(-c3cn(Cc4ccccc4)c4ncccc34)n(Cc3ccccc3)c2n1. The van der Waals surface area contributed by atoms with Gasteiger partial charge in [0.15, 0.2) is 5.65 Å². The van der Waals surface area contributed by atoms with Crippen LogP contribution in [0.25, 0.3) is 33.6 Å². The number of rotatable bonds is 5. The van der Waals surface area contributed by atoms with Gasteiger partial charge in [-0.3, -0.25) is 0 Å². The highest BCUT2D eigenvalue weighted by atomic mass is 79.9. The summed E-state index contributed by atoms with van der Waals surface area (Å²) in [5.41, 5.74) is 6.16. The molecule has 0 spiro atoms. The molecule has 6 aromatic rings. The molecular formula is C27H20BrN5. The maximum absolute atomic E-state index is 5.03. The van der Waals surface area contributed by atoms with E-state index in [1.807, 2.05) is 36.5 Å². The number of benzene rings is 2. The molecule has 5 nitrogen and oxygen atoms in total. The number of halogens is 1. The van der Waals surface area contributed by atoms with Crippen molar-refractivity contribution in [3.05, 3.63) is 113 Å². The Bertz CT molecular complexity index is 1570. The lowest BCUT2D eigenvalue weighted by Crippen LogP contribution is -2.03. The van der Waals surface area contributed by atoms with E-state index in [0.717, 1.165) is 44.7 Å². The van der Waals surface area contributed by atoms with E-state index in [2.05, 4.69) is 85.9 Å². The zero-order chi connectivity index (χ0) is 22.2. The number of fused-ring (bicyclic) bond motifs is 2. The molecule has 0 amide bonds. The van der Waals surface area contributed by atoms with Gasteiger partial charge in [-0.2, -0.15) is 0 Å². The van der Waals surface area contributed by atoms with Crippen LogP contribution in [-0.4, -0.2) is 24.1 Å². The van der Waals surface area contributed by atoms with Crippen LogP contribution in [0, 0.1) is 0 Å². The predicted molar refractivity (Wildman–Crippen MR) is 135 cm³/mol. The molecule has 0 saturated heterocycles. The molecule has 0 bridgehead atoms. The van der Waals surface area contributed by atoms with Gasteiger partial charge in [0.2, 0.25) is 0 Å². The topological polar surface area (TPSA) is 48.5 Å². The van der Waals surface area contributed by atoms with Crippen molar-refractivity contribution >= 4 is 38.1 Å². The Labute approximate surface area is 199 Å². The maximum atomic E-state index is 5.03. The van der Waals surface area contributed by atoms with Gasteiger partial charge < -0.3 is 9.13 Å². The summed E-state index contributed by atoms with van der Waals surface area (Å²) >= 11 is 3.53. The molecule has 0 aliphatic heterocycles. The smallest absolute Gasteiger partial charge is 0.161 e. The summed E-state index contributed by atoms with van der Waals surface area (Å²) in [5, 5.41) is 1.08. The van der Waals surface area contributed by atoms with Crippen molar-refractivity contribution in [2.75, 3.05) is 0 Å². The number of pyridine rings is 2. The quantitative estimate of drug-likeness (QED) is 0.264. The van der Waals surface area contributed by atoms with Gasteiger partial charge in [0, 0.05) is 29.9 Å². The molecule has 0 aliphatic rings. The number of aromatic nitrogens is 5. The average Bonchev–Trinajstić information content (AvgIpc) is 3.39. The molecule has 6 rings (SSSR count). The fraction of sp³-hybridized carbons (Fsp3) is 0.0741. The van der Waals surface area contributed by atoms with Crippen molar-refractivity contribution in [2.45, 2.75) is 13.1 Å². The zero-order valence-electron chi connectivity index (χ0n) is 17.8. The lowest BCUT2D eigenvalue weighted by molar-refractivity contribution is 0.813. The Morgan fingerprint density at radius 3 is 2.18 bits per heavy atom. The molecule has 0 saturated carbocycles. The van der Waals surface area contributed by atoms with E-state index < -0.39 is 0 Å². The van der Waals surface area contributed by atoms with Gasteiger partial charge in [0.1, 0.15) is 21.6 Å². The van der Waals surface area contributed by atoms with Gasteiger partial charge in [0.25, 0.3) is 0 Å². The number of imidazole rings is 1. The van der Waals surface area contributed by atoms with Gasteiger partial charge in [-0.1, -0.05) is 60.7 Å². The fourth-order valence-electron chi connectivity index (χ4n) is 4.30. The highest BCUT2D eigenvalue weighted by molar-refractivity contribution is 9.10. The molecule has 2 aromatic carbocycles. The molecular weight excluding hydrogens is 474 g/mol. The first-order valence-corrected chi connectivity index (χ1v) is 11.6. The summed E-state index contributed by atoms with van der Waals surface area (Å²) in [6.07, 6.45) is 4.02. The summed E-state index contributed by atoms with van der Waals surface area (Å²) in [6.45, 7) is 1.43. The van der Waals surface area contributed by atoms with Crippen LogP contribution >= 0.6 is 15.9 Å². The molecule has 4 aromatic heterocycles. The minimum absolute atomic E-state index is 0.682. The fourth-order valence-corrected chi connectivity index (χ4v) is 4.60. The normalized spacial score (nSPS) is 11.4. The van der Waals surface area contributed by atoms with Crippen molar-refractivity contribution < 1.29 is 0 Å². The second-order valence-corrected chi connectivity index (χ2v) is 8.83. The third-order valence-corrected chi connectivity index (χ3v) is 6.25. The summed E-state index contributed by atoms with van der Waals surface area (Å²) in [6, 6.07) is 28.9. The van der Waals surface area contributed by atoms with Crippen LogP contribution in [0.2, 0.25) is 0 Å². The number of hydrogen-bond donors (Lipinski definition) is 0. The first-order valence-electron chi connectivity index (χ1n) is 10.8. The highest BCUT2D eigenvalue weighted by Gasteiger charge is 2.20. The van der Waals surface area contributed by atoms with Gasteiger partial charge in [-0.15, -0.1) is 0 Å². The maximum Gasteiger partial charge on any atom is 0.161 e. The molecule has 0 fully saturated rings. The largest absolute Gasteiger partial charge is 0.327 e. The van der Waals surface area contributed by atoms with E-state index in [1.54, 1.807) is 0 Å². The van der Waals surface area contributed by atoms with E-state index in [4.69, 9.17) is 15.0 Å². The van der Waals surface area contributed by atoms with Crippen molar-refractivity contribution in [1.29, 1.82) is 0 Å². The van der Waals surface area contributed by atoms with Crippen LogP contribution in [0.1, 0.15) is 11.1 Å². The Kier molecular flexibility index (Phi) is 5.00. The predicted octanol–water partition coefficient (Wildman–Crippen LogP) is 6.31. The zero-order valence-corrected chi connectivity index (χ0v) is 19.4. The van der Waals surface area contributed by atoms with Crippen LogP contribution in [0.15, 0.2) is 102 Å². The number of hydrogen-bond acceptors (Lipinski definition) is 3. The average molecular weight is 494 g/mol. The van der Waals surface area contributed by atoms with Crippen LogP contribution in [0.4, 0.5) is 0 Å². The Hall–Kier alpha value is -3.77. The third-order valence-electron chi connectivity index (χ3n) is 5.81. The van der Waals surface area contributed by atoms with E-state index >= 15 is 0 Å². The molecule has 0 N–H and O–H groups in total. The first kappa shape index (κ1) is 19.9. The second-order valence-electron chi connectivity index (χ2n) is 8.01. The first-order chi connectivity index (χ1) is 16.3. The third kappa shape index (κ3) is 3.72. The molecule has 4 heterocycles. The molecule has 0 radical (unpaired) electrons. The molecule has 33 heavy (non-hydrogen) atoms. The Morgan fingerprint density at radius 2 is 1.42 bits per heavy atom. The monoisotopic (exact) mass is 493 g/mol. The van der Waals surface area contributed by atoms with E-state index in [9.17, 15) is 0 Å². The second kappa shape index (κ2) is 8.30. The van der Waals surface area contributed by atoms with Gasteiger partial charge in [-0.05, 0) is 51.3 Å². The van der Waals surface area contributed by atoms with Crippen LogP contribution in [-0.2, 0) is 13.1 Å². The standard InChI is InChI=1S/C27H20BrN5/c28-24-14-13-23-27(31-24)33(17-20-10-5-2-6-11-20)26(30-23)22-18-32(16-19-8-3-1-4-9-19)25-21(22)12-7-15-29-25/h1-15,18H,16-17H2. The van der Waals surface area contributed by atoms with E-state index in [1.165, 1.54) is 11.1 Å². The van der Waals surface area contributed by atoms with Gasteiger partial charge in [0.05, 0.1) is 6.54 Å². The van der Waals surface area contributed by atoms with Gasteiger partial charge in [-0.25, -0.2) is 15.0 Å². The molecule has 0 unspecified atom stereocenters. The van der Waals surface area contributed by atoms with Crippen molar-refractivity contribution in [3.63, 3.8) is 0 Å². The minimum Gasteiger partial charge on any atom is -0.327 e. The van der Waals surface area contributed by atoms with Crippen LogP contribution in [0.3, 0.4) is 0 Å². The number of nitrogens with zero attached hydrogens (tertiary/aromatic N) is 5. The van der Waals surface area contributed by atoms with Crippen molar-refractivity contribution in [3.8, 4) is 11.4 Å². The summed E-state index contributed by atoms with van der Waals surface area (Å²) < 4.78 is 5.20. The van der Waals surface area contributed by atoms with Crippen molar-refractivity contribution in [1.82, 2.24) is 24.1 Å².